The number of nitriles is 1. The molecule has 1 heterocycles. The van der Waals surface area contributed by atoms with Gasteiger partial charge in [-0.15, -0.1) is 0 Å². The zero-order valence-electron chi connectivity index (χ0n) is 23.2. The second kappa shape index (κ2) is 12.5. The van der Waals surface area contributed by atoms with Gasteiger partial charge < -0.3 is 20.2 Å². The van der Waals surface area contributed by atoms with Crippen molar-refractivity contribution in [1.29, 1.82) is 5.26 Å². The maximum atomic E-state index is 13.3. The molecule has 1 aromatic heterocycles. The molecule has 0 spiro atoms. The summed E-state index contributed by atoms with van der Waals surface area (Å²) >= 11 is 6.43. The Morgan fingerprint density at radius 2 is 1.75 bits per heavy atom. The van der Waals surface area contributed by atoms with Crippen LogP contribution in [0.1, 0.15) is 65.2 Å². The van der Waals surface area contributed by atoms with Gasteiger partial charge >= 0.3 is 0 Å². The number of rotatable bonds is 10. The van der Waals surface area contributed by atoms with Gasteiger partial charge in [-0.1, -0.05) is 53.6 Å². The number of furan rings is 1. The van der Waals surface area contributed by atoms with Crippen molar-refractivity contribution in [1.82, 2.24) is 10.6 Å². The molecule has 3 aromatic carbocycles. The molecule has 0 aliphatic heterocycles. The lowest BCUT2D eigenvalue weighted by atomic mass is 9.91. The van der Waals surface area contributed by atoms with Crippen molar-refractivity contribution in [2.45, 2.75) is 58.3 Å². The van der Waals surface area contributed by atoms with E-state index in [1.807, 2.05) is 30.3 Å². The molecule has 2 atom stereocenters. The fourth-order valence-electron chi connectivity index (χ4n) is 4.37. The van der Waals surface area contributed by atoms with Gasteiger partial charge in [0.05, 0.1) is 40.4 Å². The number of hydrogen-bond donors (Lipinski definition) is 3. The molecule has 0 saturated carbocycles. The van der Waals surface area contributed by atoms with Gasteiger partial charge in [-0.3, -0.25) is 4.79 Å². The number of amides is 1. The highest BCUT2D eigenvalue weighted by Gasteiger charge is 2.29. The largest absolute Gasteiger partial charge is 0.460 e. The van der Waals surface area contributed by atoms with Gasteiger partial charge in [-0.05, 0) is 87.7 Å². The molecule has 206 valence electrons. The van der Waals surface area contributed by atoms with Crippen molar-refractivity contribution < 1.29 is 14.3 Å². The number of nitrogens with zero attached hydrogens (tertiary/aromatic N) is 1. The fraction of sp³-hybridized carbons (Fsp3) is 0.273. The molecule has 0 fully saturated rings. The Morgan fingerprint density at radius 1 is 1.05 bits per heavy atom. The van der Waals surface area contributed by atoms with Crippen LogP contribution in [0.5, 0.6) is 0 Å². The average Bonchev–Trinajstić information content (AvgIpc) is 3.41. The highest BCUT2D eigenvalue weighted by atomic mass is 35.5. The van der Waals surface area contributed by atoms with Crippen molar-refractivity contribution in [3.63, 3.8) is 0 Å². The normalized spacial score (nSPS) is 12.9. The summed E-state index contributed by atoms with van der Waals surface area (Å²) in [5, 5.41) is 26.6. The van der Waals surface area contributed by atoms with Crippen LogP contribution in [0.25, 0.3) is 11.3 Å². The Labute approximate surface area is 240 Å². The summed E-state index contributed by atoms with van der Waals surface area (Å²) in [7, 11) is 0. The van der Waals surface area contributed by atoms with Gasteiger partial charge in [0, 0.05) is 11.6 Å². The van der Waals surface area contributed by atoms with E-state index in [0.717, 1.165) is 16.9 Å². The van der Waals surface area contributed by atoms with Crippen molar-refractivity contribution in [3.8, 4) is 17.4 Å². The van der Waals surface area contributed by atoms with Gasteiger partial charge in [0.25, 0.3) is 5.91 Å². The number of halogens is 1. The SMILES string of the molecule is Cc1ccc([C@@H](C)NCc2ccc(-c3ccc(Cl)c(C(=O)N[C@H](Cc4ccc(C#N)cc4)C(C)(C)O)c3)o2)cc1. The van der Waals surface area contributed by atoms with Crippen LogP contribution in [0, 0.1) is 18.3 Å². The smallest absolute Gasteiger partial charge is 0.253 e. The Hall–Kier alpha value is -3.89. The van der Waals surface area contributed by atoms with Gasteiger partial charge in [-0.25, -0.2) is 0 Å². The van der Waals surface area contributed by atoms with Gasteiger partial charge in [0.1, 0.15) is 11.5 Å². The third kappa shape index (κ3) is 7.40. The maximum absolute atomic E-state index is 13.3. The number of hydrogen-bond acceptors (Lipinski definition) is 5. The molecular formula is C33H34ClN3O3. The first-order chi connectivity index (χ1) is 19.0. The molecule has 7 heteroatoms. The first kappa shape index (κ1) is 29.1. The number of aryl methyl sites for hydroxylation is 1. The molecule has 6 nitrogen and oxygen atoms in total. The van der Waals surface area contributed by atoms with Crippen LogP contribution in [-0.4, -0.2) is 22.7 Å². The minimum atomic E-state index is -1.20. The predicted molar refractivity (Wildman–Crippen MR) is 158 cm³/mol. The van der Waals surface area contributed by atoms with Crippen LogP contribution in [-0.2, 0) is 13.0 Å². The van der Waals surface area contributed by atoms with E-state index in [0.29, 0.717) is 29.3 Å². The number of nitrogens with one attached hydrogen (secondary N) is 2. The summed E-state index contributed by atoms with van der Waals surface area (Å²) in [5.74, 6) is 1.01. The molecule has 4 rings (SSSR count). The van der Waals surface area contributed by atoms with Crippen LogP contribution in [0.2, 0.25) is 5.02 Å². The molecule has 0 unspecified atom stereocenters. The number of carbonyl (C=O) groups excluding carboxylic acids is 1. The molecule has 0 aliphatic rings. The summed E-state index contributed by atoms with van der Waals surface area (Å²) in [5.41, 5.74) is 3.68. The third-order valence-corrected chi connectivity index (χ3v) is 7.33. The van der Waals surface area contributed by atoms with Crippen molar-refractivity contribution in [3.05, 3.63) is 117 Å². The van der Waals surface area contributed by atoms with Gasteiger partial charge in [0.2, 0.25) is 0 Å². The second-order valence-corrected chi connectivity index (χ2v) is 11.1. The minimum Gasteiger partial charge on any atom is -0.460 e. The summed E-state index contributed by atoms with van der Waals surface area (Å²) in [6.07, 6.45) is 0.383. The highest BCUT2D eigenvalue weighted by molar-refractivity contribution is 6.34. The minimum absolute atomic E-state index is 0.160. The van der Waals surface area contributed by atoms with Crippen molar-refractivity contribution in [2.75, 3.05) is 0 Å². The van der Waals surface area contributed by atoms with Crippen LogP contribution < -0.4 is 10.6 Å². The average molecular weight is 556 g/mol. The van der Waals surface area contributed by atoms with E-state index in [9.17, 15) is 9.90 Å². The van der Waals surface area contributed by atoms with E-state index in [2.05, 4.69) is 54.8 Å². The Balaban J connectivity index is 1.46. The van der Waals surface area contributed by atoms with Crippen LogP contribution in [0.4, 0.5) is 0 Å². The van der Waals surface area contributed by atoms with Crippen molar-refractivity contribution in [2.24, 2.45) is 0 Å². The van der Waals surface area contributed by atoms with E-state index < -0.39 is 17.6 Å². The molecule has 0 aliphatic carbocycles. The third-order valence-electron chi connectivity index (χ3n) is 7.00. The van der Waals surface area contributed by atoms with E-state index in [4.69, 9.17) is 21.3 Å². The van der Waals surface area contributed by atoms with Crippen LogP contribution in [0.15, 0.2) is 83.3 Å². The standard InChI is InChI=1S/C33H34ClN3O3/c1-21-5-11-25(12-6-21)22(2)36-20-27-14-16-30(40-27)26-13-15-29(34)28(18-26)32(38)37-31(33(3,4)39)17-23-7-9-24(19-35)10-8-23/h5-16,18,22,31,36,39H,17,20H2,1-4H3,(H,37,38)/t22-,31-/m1/s1. The summed E-state index contributed by atoms with van der Waals surface area (Å²) in [6, 6.07) is 26.2. The lowest BCUT2D eigenvalue weighted by molar-refractivity contribution is 0.0350. The Kier molecular flexibility index (Phi) is 9.11. The first-order valence-corrected chi connectivity index (χ1v) is 13.6. The number of benzene rings is 3. The topological polar surface area (TPSA) is 98.3 Å². The zero-order valence-corrected chi connectivity index (χ0v) is 23.9. The Morgan fingerprint density at radius 3 is 2.40 bits per heavy atom. The van der Waals surface area contributed by atoms with E-state index in [1.54, 1.807) is 38.1 Å². The first-order valence-electron chi connectivity index (χ1n) is 13.2. The molecule has 4 aromatic rings. The predicted octanol–water partition coefficient (Wildman–Crippen LogP) is 6.74. The van der Waals surface area contributed by atoms with Gasteiger partial charge in [0.15, 0.2) is 0 Å². The number of carbonyl (C=O) groups is 1. The second-order valence-electron chi connectivity index (χ2n) is 10.7. The fourth-order valence-corrected chi connectivity index (χ4v) is 4.58. The Bertz CT molecular complexity index is 1500. The van der Waals surface area contributed by atoms with E-state index >= 15 is 0 Å². The molecule has 40 heavy (non-hydrogen) atoms. The van der Waals surface area contributed by atoms with Gasteiger partial charge in [-0.2, -0.15) is 5.26 Å². The molecule has 1 amide bonds. The van der Waals surface area contributed by atoms with Crippen LogP contribution in [0.3, 0.4) is 0 Å². The summed E-state index contributed by atoms with van der Waals surface area (Å²) in [6.45, 7) is 8.04. The lowest BCUT2D eigenvalue weighted by Crippen LogP contribution is -2.50. The molecular weight excluding hydrogens is 522 g/mol. The lowest BCUT2D eigenvalue weighted by Gasteiger charge is -2.30. The quantitative estimate of drug-likeness (QED) is 0.201. The monoisotopic (exact) mass is 555 g/mol. The summed E-state index contributed by atoms with van der Waals surface area (Å²) in [4.78, 5) is 13.3. The molecule has 0 radical (unpaired) electrons. The zero-order chi connectivity index (χ0) is 28.9. The molecule has 0 saturated heterocycles. The number of aliphatic hydroxyl groups is 1. The van der Waals surface area contributed by atoms with Crippen LogP contribution >= 0.6 is 11.6 Å². The maximum Gasteiger partial charge on any atom is 0.253 e. The van der Waals surface area contributed by atoms with E-state index in [-0.39, 0.29) is 11.6 Å². The highest BCUT2D eigenvalue weighted by Crippen LogP contribution is 2.28. The molecule has 3 N–H and O–H groups in total. The van der Waals surface area contributed by atoms with Crippen molar-refractivity contribution >= 4 is 17.5 Å². The summed E-state index contributed by atoms with van der Waals surface area (Å²) < 4.78 is 6.08. The molecule has 0 bridgehead atoms. The van der Waals surface area contributed by atoms with E-state index in [1.165, 1.54) is 11.1 Å².